The number of piperazine rings is 1. The van der Waals surface area contributed by atoms with Crippen molar-refractivity contribution in [2.45, 2.75) is 4.90 Å². The summed E-state index contributed by atoms with van der Waals surface area (Å²) in [6.07, 6.45) is 3.09. The lowest BCUT2D eigenvalue weighted by Crippen LogP contribution is -2.46. The van der Waals surface area contributed by atoms with E-state index in [2.05, 4.69) is 20.2 Å². The van der Waals surface area contributed by atoms with Gasteiger partial charge in [0.1, 0.15) is 0 Å². The van der Waals surface area contributed by atoms with Gasteiger partial charge in [0.05, 0.1) is 15.1 Å². The quantitative estimate of drug-likeness (QED) is 0.696. The van der Waals surface area contributed by atoms with Crippen molar-refractivity contribution in [2.24, 2.45) is 0 Å². The Labute approximate surface area is 166 Å². The molecule has 0 bridgehead atoms. The van der Waals surface area contributed by atoms with Crippen LogP contribution >= 0.6 is 11.3 Å². The fourth-order valence-electron chi connectivity index (χ4n) is 2.97. The maximum Gasteiger partial charge on any atom is 0.257 e. The zero-order valence-corrected chi connectivity index (χ0v) is 16.8. The number of rotatable bonds is 4. The molecule has 4 rings (SSSR count). The van der Waals surface area contributed by atoms with Gasteiger partial charge >= 0.3 is 0 Å². The highest BCUT2D eigenvalue weighted by molar-refractivity contribution is 7.89. The van der Waals surface area contributed by atoms with Gasteiger partial charge in [-0.2, -0.15) is 4.31 Å². The molecule has 1 fully saturated rings. The molecule has 0 atom stereocenters. The number of carbonyl (C=O) groups excluding carboxylic acids is 1. The second-order valence-corrected chi connectivity index (χ2v) is 9.51. The van der Waals surface area contributed by atoms with Crippen LogP contribution in [0.25, 0.3) is 10.2 Å². The van der Waals surface area contributed by atoms with Crippen LogP contribution in [0.2, 0.25) is 0 Å². The summed E-state index contributed by atoms with van der Waals surface area (Å²) in [6, 6.07) is 8.11. The van der Waals surface area contributed by atoms with Crippen molar-refractivity contribution in [3.05, 3.63) is 48.3 Å². The second kappa shape index (κ2) is 7.55. The molecule has 3 heterocycles. The number of amides is 1. The number of nitrogens with zero attached hydrogens (tertiary/aromatic N) is 4. The lowest BCUT2D eigenvalue weighted by atomic mass is 10.2. The lowest BCUT2D eigenvalue weighted by Gasteiger charge is -2.31. The van der Waals surface area contributed by atoms with E-state index in [0.29, 0.717) is 47.1 Å². The fourth-order valence-corrected chi connectivity index (χ4v) is 5.39. The van der Waals surface area contributed by atoms with Crippen LogP contribution in [0, 0.1) is 0 Å². The fraction of sp³-hybridized carbons (Fsp3) is 0.278. The predicted octanol–water partition coefficient (Wildman–Crippen LogP) is 1.88. The van der Waals surface area contributed by atoms with E-state index in [9.17, 15) is 13.2 Å². The van der Waals surface area contributed by atoms with Gasteiger partial charge < -0.3 is 4.90 Å². The van der Waals surface area contributed by atoms with Crippen molar-refractivity contribution < 1.29 is 13.2 Å². The summed E-state index contributed by atoms with van der Waals surface area (Å²) in [7, 11) is -1.56. The molecule has 8 nitrogen and oxygen atoms in total. The van der Waals surface area contributed by atoms with Crippen LogP contribution in [0.3, 0.4) is 0 Å². The first-order chi connectivity index (χ1) is 13.4. The minimum absolute atomic E-state index is 0.250. The Morgan fingerprint density at radius 1 is 1.11 bits per heavy atom. The standard InChI is InChI=1S/C18H19N5O3S2/c1-22-8-10-23(11-9-22)28(25,26)14-2-3-15-16(12-14)27-18(20-15)21-17(24)13-4-6-19-7-5-13/h2-7,12H,8-11H2,1H3,(H,20,21,24). The molecule has 1 saturated heterocycles. The molecule has 1 amide bonds. The van der Waals surface area contributed by atoms with Crippen molar-refractivity contribution in [1.82, 2.24) is 19.2 Å². The third-order valence-corrected chi connectivity index (χ3v) is 7.45. The third-order valence-electron chi connectivity index (χ3n) is 4.62. The lowest BCUT2D eigenvalue weighted by molar-refractivity contribution is 0.102. The molecule has 0 aliphatic carbocycles. The Morgan fingerprint density at radius 3 is 2.54 bits per heavy atom. The van der Waals surface area contributed by atoms with Crippen molar-refractivity contribution in [3.63, 3.8) is 0 Å². The van der Waals surface area contributed by atoms with Crippen molar-refractivity contribution in [1.29, 1.82) is 0 Å². The molecule has 1 aromatic carbocycles. The number of likely N-dealkylation sites (N-methyl/N-ethyl adjacent to an activating group) is 1. The molecule has 1 aliphatic heterocycles. The highest BCUT2D eigenvalue weighted by atomic mass is 32.2. The average Bonchev–Trinajstić information content (AvgIpc) is 3.10. The molecule has 0 radical (unpaired) electrons. The zero-order chi connectivity index (χ0) is 19.7. The Kier molecular flexibility index (Phi) is 5.11. The summed E-state index contributed by atoms with van der Waals surface area (Å²) in [6.45, 7) is 2.39. The zero-order valence-electron chi connectivity index (χ0n) is 15.2. The van der Waals surface area contributed by atoms with Crippen LogP contribution in [0.15, 0.2) is 47.6 Å². The predicted molar refractivity (Wildman–Crippen MR) is 108 cm³/mol. The number of sulfonamides is 1. The van der Waals surface area contributed by atoms with Gasteiger partial charge in [-0.3, -0.25) is 15.1 Å². The van der Waals surface area contributed by atoms with Gasteiger partial charge in [-0.15, -0.1) is 0 Å². The Balaban J connectivity index is 1.57. The number of hydrogen-bond donors (Lipinski definition) is 1. The number of nitrogens with one attached hydrogen (secondary N) is 1. The highest BCUT2D eigenvalue weighted by Crippen LogP contribution is 2.29. The number of benzene rings is 1. The van der Waals surface area contributed by atoms with Gasteiger partial charge in [0.25, 0.3) is 5.91 Å². The van der Waals surface area contributed by atoms with Crippen molar-refractivity contribution >= 4 is 42.6 Å². The minimum Gasteiger partial charge on any atom is -0.304 e. The van der Waals surface area contributed by atoms with Crippen molar-refractivity contribution in [3.8, 4) is 0 Å². The smallest absolute Gasteiger partial charge is 0.257 e. The first-order valence-electron chi connectivity index (χ1n) is 8.74. The number of aromatic nitrogens is 2. The van der Waals surface area contributed by atoms with Gasteiger partial charge in [0.15, 0.2) is 5.13 Å². The van der Waals surface area contributed by atoms with Crippen LogP contribution in [-0.4, -0.2) is 66.7 Å². The number of fused-ring (bicyclic) bond motifs is 1. The molecule has 2 aromatic heterocycles. The molecule has 28 heavy (non-hydrogen) atoms. The first kappa shape index (κ1) is 18.9. The number of anilines is 1. The van der Waals surface area contributed by atoms with Crippen LogP contribution in [0.1, 0.15) is 10.4 Å². The normalized spacial score (nSPS) is 16.3. The Bertz CT molecular complexity index is 1110. The van der Waals surface area contributed by atoms with Gasteiger partial charge in [0, 0.05) is 44.1 Å². The van der Waals surface area contributed by atoms with Crippen LogP contribution in [0.4, 0.5) is 5.13 Å². The van der Waals surface area contributed by atoms with E-state index >= 15 is 0 Å². The van der Waals surface area contributed by atoms with E-state index < -0.39 is 10.0 Å². The van der Waals surface area contributed by atoms with Gasteiger partial charge in [-0.25, -0.2) is 13.4 Å². The Morgan fingerprint density at radius 2 is 1.82 bits per heavy atom. The van der Waals surface area contributed by atoms with E-state index in [0.717, 1.165) is 0 Å². The molecule has 1 N–H and O–H groups in total. The number of carbonyl (C=O) groups is 1. The van der Waals surface area contributed by atoms with E-state index in [1.165, 1.54) is 15.6 Å². The average molecular weight is 418 g/mol. The summed E-state index contributed by atoms with van der Waals surface area (Å²) < 4.78 is 28.1. The Hall–Kier alpha value is -2.40. The topological polar surface area (TPSA) is 95.5 Å². The summed E-state index contributed by atoms with van der Waals surface area (Å²) in [4.78, 5) is 22.9. The molecule has 3 aromatic rings. The first-order valence-corrected chi connectivity index (χ1v) is 11.0. The van der Waals surface area contributed by atoms with Crippen LogP contribution in [-0.2, 0) is 10.0 Å². The summed E-state index contributed by atoms with van der Waals surface area (Å²) in [5.74, 6) is -0.285. The summed E-state index contributed by atoms with van der Waals surface area (Å²) in [5.41, 5.74) is 1.12. The molecule has 0 unspecified atom stereocenters. The number of thiazole rings is 1. The largest absolute Gasteiger partial charge is 0.304 e. The van der Waals surface area contributed by atoms with E-state index in [4.69, 9.17) is 0 Å². The number of hydrogen-bond acceptors (Lipinski definition) is 7. The highest BCUT2D eigenvalue weighted by Gasteiger charge is 2.27. The minimum atomic E-state index is -3.54. The monoisotopic (exact) mass is 417 g/mol. The molecular formula is C18H19N5O3S2. The molecule has 0 spiro atoms. The third kappa shape index (κ3) is 3.76. The molecule has 0 saturated carbocycles. The van der Waals surface area contributed by atoms with E-state index in [1.807, 2.05) is 7.05 Å². The van der Waals surface area contributed by atoms with Gasteiger partial charge in [0.2, 0.25) is 10.0 Å². The molecule has 1 aliphatic rings. The molecule has 10 heteroatoms. The maximum absolute atomic E-state index is 12.9. The SMILES string of the molecule is CN1CCN(S(=O)(=O)c2ccc3nc(NC(=O)c4ccncc4)sc3c2)CC1. The second-order valence-electron chi connectivity index (χ2n) is 6.55. The summed E-state index contributed by atoms with van der Waals surface area (Å²) >= 11 is 1.25. The molecule has 146 valence electrons. The maximum atomic E-state index is 12.9. The van der Waals surface area contributed by atoms with Crippen molar-refractivity contribution in [2.75, 3.05) is 38.5 Å². The number of pyridine rings is 1. The van der Waals surface area contributed by atoms with Crippen LogP contribution in [0.5, 0.6) is 0 Å². The van der Waals surface area contributed by atoms with E-state index in [1.54, 1.807) is 42.7 Å². The molecular weight excluding hydrogens is 398 g/mol. The van der Waals surface area contributed by atoms with Gasteiger partial charge in [-0.05, 0) is 37.4 Å². The summed E-state index contributed by atoms with van der Waals surface area (Å²) in [5, 5.41) is 3.17. The van der Waals surface area contributed by atoms with Gasteiger partial charge in [-0.1, -0.05) is 11.3 Å². The van der Waals surface area contributed by atoms with E-state index in [-0.39, 0.29) is 10.8 Å². The van der Waals surface area contributed by atoms with Crippen LogP contribution < -0.4 is 5.32 Å².